The van der Waals surface area contributed by atoms with Crippen molar-refractivity contribution in [2.75, 3.05) is 0 Å². The molecule has 0 atom stereocenters. The van der Waals surface area contributed by atoms with Crippen LogP contribution in [0.1, 0.15) is 37.8 Å². The van der Waals surface area contributed by atoms with Gasteiger partial charge in [-0.15, -0.1) is 5.10 Å². The summed E-state index contributed by atoms with van der Waals surface area (Å²) in [5, 5.41) is 20.1. The minimum atomic E-state index is -0.718. The van der Waals surface area contributed by atoms with Crippen LogP contribution in [-0.4, -0.2) is 36.8 Å². The number of rotatable bonds is 3. The number of esters is 1. The van der Waals surface area contributed by atoms with E-state index in [-0.39, 0.29) is 11.8 Å². The fourth-order valence-corrected chi connectivity index (χ4v) is 2.59. The minimum Gasteiger partial charge on any atom is -0.403 e. The second kappa shape index (κ2) is 4.79. The lowest BCUT2D eigenvalue weighted by molar-refractivity contribution is -0.142. The van der Waals surface area contributed by atoms with Crippen LogP contribution in [0.15, 0.2) is 12.4 Å². The zero-order valence-electron chi connectivity index (χ0n) is 10.3. The van der Waals surface area contributed by atoms with E-state index < -0.39 is 5.41 Å². The van der Waals surface area contributed by atoms with Gasteiger partial charge in [-0.3, -0.25) is 15.0 Å². The third-order valence-corrected chi connectivity index (χ3v) is 3.60. The zero-order chi connectivity index (χ0) is 13.1. The fourth-order valence-electron chi connectivity index (χ4n) is 2.59. The zero-order valence-corrected chi connectivity index (χ0v) is 10.3. The summed E-state index contributed by atoms with van der Waals surface area (Å²) >= 11 is 0. The number of hydrogen-bond acceptors (Lipinski definition) is 6. The number of nitrogens with zero attached hydrogens (tertiary/aromatic N) is 4. The fraction of sp³-hybridized carbons (Fsp3) is 0.545. The molecule has 0 bridgehead atoms. The Bertz CT molecular complexity index is 530. The van der Waals surface area contributed by atoms with E-state index in [0.29, 0.717) is 5.69 Å². The van der Waals surface area contributed by atoms with Crippen molar-refractivity contribution in [1.29, 1.82) is 0 Å². The van der Waals surface area contributed by atoms with E-state index in [2.05, 4.69) is 30.8 Å². The van der Waals surface area contributed by atoms with Gasteiger partial charge in [-0.05, 0) is 12.8 Å². The van der Waals surface area contributed by atoms with Gasteiger partial charge in [0.25, 0.3) is 5.88 Å². The molecule has 1 saturated carbocycles. The van der Waals surface area contributed by atoms with E-state index in [1.165, 1.54) is 6.20 Å². The molecule has 1 aliphatic carbocycles. The molecular weight excluding hydrogens is 248 g/mol. The van der Waals surface area contributed by atoms with Crippen molar-refractivity contribution in [3.63, 3.8) is 0 Å². The molecular formula is C11H14N6O2. The smallest absolute Gasteiger partial charge is 0.325 e. The summed E-state index contributed by atoms with van der Waals surface area (Å²) in [6, 6.07) is 0. The molecule has 2 aromatic heterocycles. The number of ether oxygens (including phenoxy) is 1. The standard InChI is InChI=1S/C11H14N6O2/c18-10(19-9-7-13-17-15-9)11(4-2-1-3-5-11)8-6-12-16-14-8/h6-7H,1-5H2,(H,12,14,16)(H,13,15,17). The lowest BCUT2D eigenvalue weighted by Crippen LogP contribution is -2.41. The molecule has 0 radical (unpaired) electrons. The Morgan fingerprint density at radius 2 is 1.84 bits per heavy atom. The molecule has 19 heavy (non-hydrogen) atoms. The van der Waals surface area contributed by atoms with Gasteiger partial charge in [0, 0.05) is 6.20 Å². The van der Waals surface area contributed by atoms with Crippen molar-refractivity contribution in [2.24, 2.45) is 0 Å². The SMILES string of the molecule is O=C(Oc1c[nH]nn1)C1(c2c[nH]nn2)CCCCC1. The molecule has 0 aliphatic heterocycles. The molecule has 0 amide bonds. The molecule has 2 aromatic rings. The minimum absolute atomic E-state index is 0.179. The molecule has 0 spiro atoms. The molecule has 0 saturated heterocycles. The van der Waals surface area contributed by atoms with Crippen LogP contribution in [0, 0.1) is 0 Å². The molecule has 8 heteroatoms. The molecule has 100 valence electrons. The van der Waals surface area contributed by atoms with Gasteiger partial charge in [-0.1, -0.05) is 34.8 Å². The first-order chi connectivity index (χ1) is 9.31. The summed E-state index contributed by atoms with van der Waals surface area (Å²) in [5.41, 5.74) is -0.0785. The van der Waals surface area contributed by atoms with E-state index in [9.17, 15) is 4.79 Å². The Labute approximate surface area is 108 Å². The van der Waals surface area contributed by atoms with Crippen molar-refractivity contribution < 1.29 is 9.53 Å². The van der Waals surface area contributed by atoms with Crippen LogP contribution in [-0.2, 0) is 10.2 Å². The van der Waals surface area contributed by atoms with Crippen LogP contribution in [0.25, 0.3) is 0 Å². The molecule has 8 nitrogen and oxygen atoms in total. The third-order valence-electron chi connectivity index (χ3n) is 3.60. The first kappa shape index (κ1) is 11.8. The van der Waals surface area contributed by atoms with Crippen LogP contribution in [0.5, 0.6) is 5.88 Å². The van der Waals surface area contributed by atoms with Gasteiger partial charge in [-0.2, -0.15) is 0 Å². The number of H-pyrrole nitrogens is 2. The molecule has 1 aliphatic rings. The number of aromatic amines is 2. The topological polar surface area (TPSA) is 109 Å². The second-order valence-electron chi connectivity index (χ2n) is 4.70. The average molecular weight is 262 g/mol. The van der Waals surface area contributed by atoms with Gasteiger partial charge in [-0.25, -0.2) is 0 Å². The first-order valence-electron chi connectivity index (χ1n) is 6.27. The van der Waals surface area contributed by atoms with E-state index in [1.807, 2.05) is 0 Å². The summed E-state index contributed by atoms with van der Waals surface area (Å²) in [4.78, 5) is 12.5. The molecule has 2 heterocycles. The quantitative estimate of drug-likeness (QED) is 0.789. The number of carbonyl (C=O) groups is 1. The molecule has 1 fully saturated rings. The molecule has 3 rings (SSSR count). The van der Waals surface area contributed by atoms with Gasteiger partial charge >= 0.3 is 5.97 Å². The highest BCUT2D eigenvalue weighted by molar-refractivity contribution is 5.84. The lowest BCUT2D eigenvalue weighted by atomic mass is 9.72. The Morgan fingerprint density at radius 1 is 1.11 bits per heavy atom. The Balaban J connectivity index is 1.88. The Morgan fingerprint density at radius 3 is 2.47 bits per heavy atom. The lowest BCUT2D eigenvalue weighted by Gasteiger charge is -2.32. The second-order valence-corrected chi connectivity index (χ2v) is 4.70. The van der Waals surface area contributed by atoms with E-state index in [4.69, 9.17) is 4.74 Å². The number of carbonyl (C=O) groups excluding carboxylic acids is 1. The highest BCUT2D eigenvalue weighted by Gasteiger charge is 2.45. The molecule has 0 unspecified atom stereocenters. The van der Waals surface area contributed by atoms with E-state index in [1.54, 1.807) is 6.20 Å². The van der Waals surface area contributed by atoms with Gasteiger partial charge in [0.2, 0.25) is 0 Å². The van der Waals surface area contributed by atoms with Crippen molar-refractivity contribution in [3.8, 4) is 5.88 Å². The predicted molar refractivity (Wildman–Crippen MR) is 63.2 cm³/mol. The predicted octanol–water partition coefficient (Wildman–Crippen LogP) is 0.730. The summed E-state index contributed by atoms with van der Waals surface area (Å²) < 4.78 is 5.30. The Kier molecular flexibility index (Phi) is 2.98. The van der Waals surface area contributed by atoms with Gasteiger partial charge in [0.05, 0.1) is 11.9 Å². The van der Waals surface area contributed by atoms with Crippen molar-refractivity contribution in [3.05, 3.63) is 18.1 Å². The van der Waals surface area contributed by atoms with Crippen molar-refractivity contribution in [1.82, 2.24) is 30.8 Å². The van der Waals surface area contributed by atoms with Crippen LogP contribution in [0.4, 0.5) is 0 Å². The maximum absolute atomic E-state index is 12.5. The molecule has 2 N–H and O–H groups in total. The van der Waals surface area contributed by atoms with Gasteiger partial charge in [0.1, 0.15) is 5.41 Å². The summed E-state index contributed by atoms with van der Waals surface area (Å²) in [7, 11) is 0. The van der Waals surface area contributed by atoms with Crippen molar-refractivity contribution in [2.45, 2.75) is 37.5 Å². The van der Waals surface area contributed by atoms with Crippen LogP contribution in [0.2, 0.25) is 0 Å². The van der Waals surface area contributed by atoms with Crippen molar-refractivity contribution >= 4 is 5.97 Å². The maximum atomic E-state index is 12.5. The normalized spacial score (nSPS) is 18.1. The van der Waals surface area contributed by atoms with Gasteiger partial charge < -0.3 is 4.74 Å². The number of hydrogen-bond donors (Lipinski definition) is 2. The largest absolute Gasteiger partial charge is 0.403 e. The highest BCUT2D eigenvalue weighted by Crippen LogP contribution is 2.39. The first-order valence-corrected chi connectivity index (χ1v) is 6.27. The monoisotopic (exact) mass is 262 g/mol. The average Bonchev–Trinajstić information content (AvgIpc) is 3.12. The summed E-state index contributed by atoms with van der Waals surface area (Å²) in [5.74, 6) is -0.159. The van der Waals surface area contributed by atoms with Crippen LogP contribution >= 0.6 is 0 Å². The van der Waals surface area contributed by atoms with E-state index >= 15 is 0 Å². The van der Waals surface area contributed by atoms with Crippen LogP contribution in [0.3, 0.4) is 0 Å². The maximum Gasteiger partial charge on any atom is 0.325 e. The molecule has 0 aromatic carbocycles. The summed E-state index contributed by atoms with van der Waals surface area (Å²) in [6.45, 7) is 0. The summed E-state index contributed by atoms with van der Waals surface area (Å²) in [6.07, 6.45) is 7.61. The number of aromatic nitrogens is 6. The van der Waals surface area contributed by atoms with Crippen LogP contribution < -0.4 is 4.74 Å². The van der Waals surface area contributed by atoms with Gasteiger partial charge in [0.15, 0.2) is 0 Å². The Hall–Kier alpha value is -2.25. The third kappa shape index (κ3) is 2.09. The highest BCUT2D eigenvalue weighted by atomic mass is 16.5. The number of nitrogens with one attached hydrogen (secondary N) is 2. The van der Waals surface area contributed by atoms with E-state index in [0.717, 1.165) is 32.1 Å².